The summed E-state index contributed by atoms with van der Waals surface area (Å²) in [6.45, 7) is 4.39. The molecule has 6 heteroatoms. The molecule has 0 bridgehead atoms. The maximum atomic E-state index is 11.5. The molecule has 1 fully saturated rings. The van der Waals surface area contributed by atoms with Crippen LogP contribution >= 0.6 is 23.8 Å². The number of aryl methyl sites for hydroxylation is 1. The number of rotatable bonds is 5. The van der Waals surface area contributed by atoms with Gasteiger partial charge >= 0.3 is 0 Å². The molecule has 21 heavy (non-hydrogen) atoms. The summed E-state index contributed by atoms with van der Waals surface area (Å²) in [4.78, 5) is 13.4. The Kier molecular flexibility index (Phi) is 5.82. The van der Waals surface area contributed by atoms with E-state index in [1.165, 1.54) is 0 Å². The molecule has 1 heterocycles. The minimum Gasteiger partial charge on any atom is -0.362 e. The second-order valence-corrected chi connectivity index (χ2v) is 6.00. The van der Waals surface area contributed by atoms with Crippen LogP contribution in [0.1, 0.15) is 24.8 Å². The predicted molar refractivity (Wildman–Crippen MR) is 90.8 cm³/mol. The van der Waals surface area contributed by atoms with Crippen LogP contribution in [0.3, 0.4) is 0 Å². The van der Waals surface area contributed by atoms with E-state index >= 15 is 0 Å². The number of likely N-dealkylation sites (tertiary alicyclic amines) is 1. The molecule has 0 aliphatic carbocycles. The second kappa shape index (κ2) is 7.61. The fourth-order valence-corrected chi connectivity index (χ4v) is 2.66. The number of hydrogen-bond donors (Lipinski definition) is 2. The van der Waals surface area contributed by atoms with Gasteiger partial charge in [0, 0.05) is 36.8 Å². The molecule has 1 aromatic rings. The normalized spacial score (nSPS) is 14.4. The molecule has 4 nitrogen and oxygen atoms in total. The van der Waals surface area contributed by atoms with Crippen molar-refractivity contribution in [2.24, 2.45) is 0 Å². The molecule has 0 spiro atoms. The summed E-state index contributed by atoms with van der Waals surface area (Å²) in [5, 5.41) is 7.54. The predicted octanol–water partition coefficient (Wildman–Crippen LogP) is 2.95. The number of amides is 1. The molecule has 0 aromatic heterocycles. The number of carbonyl (C=O) groups is 1. The molecule has 1 aliphatic heterocycles. The molecule has 1 amide bonds. The number of nitrogens with zero attached hydrogens (tertiary/aromatic N) is 1. The maximum Gasteiger partial charge on any atom is 0.222 e. The third kappa shape index (κ3) is 4.86. The van der Waals surface area contributed by atoms with Crippen LogP contribution in [-0.4, -0.2) is 35.6 Å². The van der Waals surface area contributed by atoms with Crippen LogP contribution in [-0.2, 0) is 4.79 Å². The zero-order valence-electron chi connectivity index (χ0n) is 12.1. The zero-order valence-corrected chi connectivity index (χ0v) is 13.7. The second-order valence-electron chi connectivity index (χ2n) is 5.18. The molecule has 1 aromatic carbocycles. The largest absolute Gasteiger partial charge is 0.362 e. The highest BCUT2D eigenvalue weighted by Gasteiger charge is 2.18. The molecule has 2 rings (SSSR count). The summed E-state index contributed by atoms with van der Waals surface area (Å²) >= 11 is 11.3. The molecule has 2 N–H and O–H groups in total. The van der Waals surface area contributed by atoms with Gasteiger partial charge in [-0.25, -0.2) is 0 Å². The van der Waals surface area contributed by atoms with Crippen LogP contribution in [0.4, 0.5) is 5.69 Å². The van der Waals surface area contributed by atoms with Gasteiger partial charge in [-0.05, 0) is 49.7 Å². The van der Waals surface area contributed by atoms with E-state index in [0.717, 1.165) is 48.7 Å². The Labute approximate surface area is 135 Å². The number of halogens is 1. The third-order valence-corrected chi connectivity index (χ3v) is 4.15. The topological polar surface area (TPSA) is 44.4 Å². The van der Waals surface area contributed by atoms with Gasteiger partial charge in [-0.15, -0.1) is 0 Å². The van der Waals surface area contributed by atoms with Crippen LogP contribution in [0.15, 0.2) is 18.2 Å². The van der Waals surface area contributed by atoms with Gasteiger partial charge in [-0.3, -0.25) is 4.79 Å². The van der Waals surface area contributed by atoms with E-state index in [-0.39, 0.29) is 5.91 Å². The first kappa shape index (κ1) is 16.0. The Morgan fingerprint density at radius 2 is 2.29 bits per heavy atom. The van der Waals surface area contributed by atoms with E-state index in [0.29, 0.717) is 11.5 Å². The minimum atomic E-state index is 0.269. The van der Waals surface area contributed by atoms with E-state index in [2.05, 4.69) is 10.6 Å². The molecule has 0 unspecified atom stereocenters. The van der Waals surface area contributed by atoms with Gasteiger partial charge in [0.1, 0.15) is 0 Å². The van der Waals surface area contributed by atoms with E-state index in [1.54, 1.807) is 0 Å². The number of hydrogen-bond acceptors (Lipinski definition) is 2. The monoisotopic (exact) mass is 325 g/mol. The summed E-state index contributed by atoms with van der Waals surface area (Å²) < 4.78 is 0. The van der Waals surface area contributed by atoms with Crippen molar-refractivity contribution in [3.63, 3.8) is 0 Å². The van der Waals surface area contributed by atoms with E-state index in [4.69, 9.17) is 23.8 Å². The van der Waals surface area contributed by atoms with Crippen molar-refractivity contribution in [3.05, 3.63) is 28.8 Å². The standard InChI is InChI=1S/C15H20ClN3OS/c1-11-5-6-12(10-13(11)16)18-15(21)17-7-3-9-19-8-2-4-14(19)20/h5-6,10H,2-4,7-9H2,1H3,(H2,17,18,21). The van der Waals surface area contributed by atoms with Crippen molar-refractivity contribution >= 4 is 40.5 Å². The Morgan fingerprint density at radius 3 is 2.95 bits per heavy atom. The minimum absolute atomic E-state index is 0.269. The zero-order chi connectivity index (χ0) is 15.2. The summed E-state index contributed by atoms with van der Waals surface area (Å²) in [6.07, 6.45) is 2.57. The molecular formula is C15H20ClN3OS. The van der Waals surface area contributed by atoms with Crippen LogP contribution < -0.4 is 10.6 Å². The van der Waals surface area contributed by atoms with Gasteiger partial charge in [0.05, 0.1) is 0 Å². The SMILES string of the molecule is Cc1ccc(NC(=S)NCCCN2CCCC2=O)cc1Cl. The quantitative estimate of drug-likeness (QED) is 0.645. The first-order valence-corrected chi connectivity index (χ1v) is 7.93. The van der Waals surface area contributed by atoms with Gasteiger partial charge in [0.15, 0.2) is 5.11 Å². The van der Waals surface area contributed by atoms with Gasteiger partial charge in [0.25, 0.3) is 0 Å². The molecule has 0 saturated carbocycles. The van der Waals surface area contributed by atoms with E-state index in [1.807, 2.05) is 30.0 Å². The van der Waals surface area contributed by atoms with Gasteiger partial charge in [-0.2, -0.15) is 0 Å². The smallest absolute Gasteiger partial charge is 0.222 e. The average molecular weight is 326 g/mol. The highest BCUT2D eigenvalue weighted by atomic mass is 35.5. The lowest BCUT2D eigenvalue weighted by molar-refractivity contribution is -0.127. The van der Waals surface area contributed by atoms with Crippen LogP contribution in [0.2, 0.25) is 5.02 Å². The summed E-state index contributed by atoms with van der Waals surface area (Å²) in [5.74, 6) is 0.269. The summed E-state index contributed by atoms with van der Waals surface area (Å²) in [5.41, 5.74) is 1.91. The van der Waals surface area contributed by atoms with Crippen molar-refractivity contribution in [2.45, 2.75) is 26.2 Å². The molecule has 1 aliphatic rings. The van der Waals surface area contributed by atoms with Crippen molar-refractivity contribution in [2.75, 3.05) is 25.0 Å². The van der Waals surface area contributed by atoms with Crippen molar-refractivity contribution < 1.29 is 4.79 Å². The Balaban J connectivity index is 1.67. The Hall–Kier alpha value is -1.33. The molecule has 114 valence electrons. The first-order valence-electron chi connectivity index (χ1n) is 7.15. The molecule has 0 radical (unpaired) electrons. The maximum absolute atomic E-state index is 11.5. The Morgan fingerprint density at radius 1 is 1.48 bits per heavy atom. The van der Waals surface area contributed by atoms with E-state index < -0.39 is 0 Å². The molecule has 1 saturated heterocycles. The van der Waals surface area contributed by atoms with Crippen LogP contribution in [0, 0.1) is 6.92 Å². The number of nitrogens with one attached hydrogen (secondary N) is 2. The fourth-order valence-electron chi connectivity index (χ4n) is 2.26. The number of thiocarbonyl (C=S) groups is 1. The van der Waals surface area contributed by atoms with E-state index in [9.17, 15) is 4.79 Å². The van der Waals surface area contributed by atoms with Crippen molar-refractivity contribution in [3.8, 4) is 0 Å². The van der Waals surface area contributed by atoms with Crippen molar-refractivity contribution in [1.82, 2.24) is 10.2 Å². The van der Waals surface area contributed by atoms with Crippen LogP contribution in [0.5, 0.6) is 0 Å². The number of carbonyl (C=O) groups excluding carboxylic acids is 1. The lowest BCUT2D eigenvalue weighted by Gasteiger charge is -2.16. The first-order chi connectivity index (χ1) is 10.1. The Bertz CT molecular complexity index is 536. The fraction of sp³-hybridized carbons (Fsp3) is 0.467. The average Bonchev–Trinajstić information content (AvgIpc) is 2.85. The summed E-state index contributed by atoms with van der Waals surface area (Å²) in [7, 11) is 0. The van der Waals surface area contributed by atoms with Gasteiger partial charge < -0.3 is 15.5 Å². The lowest BCUT2D eigenvalue weighted by Crippen LogP contribution is -2.32. The molecular weight excluding hydrogens is 306 g/mol. The highest BCUT2D eigenvalue weighted by molar-refractivity contribution is 7.80. The number of benzene rings is 1. The lowest BCUT2D eigenvalue weighted by atomic mass is 10.2. The van der Waals surface area contributed by atoms with Crippen molar-refractivity contribution in [1.29, 1.82) is 0 Å². The number of anilines is 1. The third-order valence-electron chi connectivity index (χ3n) is 3.49. The highest BCUT2D eigenvalue weighted by Crippen LogP contribution is 2.19. The van der Waals surface area contributed by atoms with Gasteiger partial charge in [0.2, 0.25) is 5.91 Å². The van der Waals surface area contributed by atoms with Crippen LogP contribution in [0.25, 0.3) is 0 Å². The van der Waals surface area contributed by atoms with Gasteiger partial charge in [-0.1, -0.05) is 17.7 Å². The summed E-state index contributed by atoms with van der Waals surface area (Å²) in [6, 6.07) is 5.75. The molecule has 0 atom stereocenters.